The Balaban J connectivity index is 1.24. The van der Waals surface area contributed by atoms with Gasteiger partial charge in [0.1, 0.15) is 31.0 Å². The number of nitrogens with one attached hydrogen (secondary N) is 1. The van der Waals surface area contributed by atoms with Gasteiger partial charge >= 0.3 is 24.0 Å². The molecule has 1 amide bonds. The molecule has 4 aromatic rings. The molecule has 2 fully saturated rings. The number of alkyl carbamates (subject to hydrolysis) is 1. The van der Waals surface area contributed by atoms with Gasteiger partial charge in [0.2, 0.25) is 0 Å². The van der Waals surface area contributed by atoms with Gasteiger partial charge < -0.3 is 57.4 Å². The van der Waals surface area contributed by atoms with E-state index in [2.05, 4.69) is 5.32 Å². The van der Waals surface area contributed by atoms with Crippen molar-refractivity contribution in [2.75, 3.05) is 26.4 Å². The lowest BCUT2D eigenvalue weighted by atomic mass is 9.97. The number of benzene rings is 4. The first-order valence-corrected chi connectivity index (χ1v) is 21.6. The standard InChI is InChI=1S/C49H57NO15/c1-33(51)60-42-40(31-55-27-36-17-8-4-9-18-36)64-48(45(44(42)61-34(2)52)58-29-38-21-12-6-13-22-38)65-43-41(32-56-28-37-19-10-5-11-20-37)63-47(46(43)62-35(3)53)57-26-16-25-50-49(54)59-30-39-23-14-7-15-24-39/h4-15,17-24,40-48H,16,25-32H2,1-3H3,(H,50,54)/t40-,41-,42-,43-,44+,45-,46-,47-,48-/m1/s1. The van der Waals surface area contributed by atoms with Crippen LogP contribution in [0.5, 0.6) is 0 Å². The summed E-state index contributed by atoms with van der Waals surface area (Å²) >= 11 is 0. The number of esters is 3. The molecule has 2 aliphatic rings. The van der Waals surface area contributed by atoms with Crippen LogP contribution in [0.1, 0.15) is 49.4 Å². The third-order valence-corrected chi connectivity index (χ3v) is 10.2. The van der Waals surface area contributed by atoms with E-state index >= 15 is 0 Å². The minimum atomic E-state index is -1.37. The fraction of sp³-hybridized carbons (Fsp3) is 0.429. The van der Waals surface area contributed by atoms with Crippen molar-refractivity contribution in [3.05, 3.63) is 144 Å². The number of ether oxygens (including phenoxy) is 11. The smallest absolute Gasteiger partial charge is 0.407 e. The first-order valence-electron chi connectivity index (χ1n) is 21.6. The third-order valence-electron chi connectivity index (χ3n) is 10.2. The molecule has 16 nitrogen and oxygen atoms in total. The quantitative estimate of drug-likeness (QED) is 0.0522. The highest BCUT2D eigenvalue weighted by molar-refractivity contribution is 5.68. The molecule has 0 bridgehead atoms. The lowest BCUT2D eigenvalue weighted by Crippen LogP contribution is -2.63. The second kappa shape index (κ2) is 25.7. The predicted octanol–water partition coefficient (Wildman–Crippen LogP) is 5.97. The van der Waals surface area contributed by atoms with Crippen molar-refractivity contribution in [3.63, 3.8) is 0 Å². The second-order valence-corrected chi connectivity index (χ2v) is 15.4. The zero-order valence-electron chi connectivity index (χ0n) is 36.7. The van der Waals surface area contributed by atoms with Gasteiger partial charge in [0, 0.05) is 27.3 Å². The van der Waals surface area contributed by atoms with Crippen LogP contribution >= 0.6 is 0 Å². The van der Waals surface area contributed by atoms with E-state index in [-0.39, 0.29) is 52.8 Å². The molecule has 0 saturated carbocycles. The molecular formula is C49H57NO15. The lowest BCUT2D eigenvalue weighted by Gasteiger charge is -2.45. The average Bonchev–Trinajstić information content (AvgIpc) is 3.61. The van der Waals surface area contributed by atoms with Crippen LogP contribution in [-0.2, 0) is 92.9 Å². The minimum Gasteiger partial charge on any atom is -0.456 e. The largest absolute Gasteiger partial charge is 0.456 e. The van der Waals surface area contributed by atoms with Crippen LogP contribution in [0.3, 0.4) is 0 Å². The van der Waals surface area contributed by atoms with Crippen molar-refractivity contribution in [1.82, 2.24) is 5.32 Å². The number of carbonyl (C=O) groups excluding carboxylic acids is 4. The van der Waals surface area contributed by atoms with Gasteiger partial charge in [0.15, 0.2) is 30.9 Å². The summed E-state index contributed by atoms with van der Waals surface area (Å²) in [7, 11) is 0. The molecule has 6 rings (SSSR count). The van der Waals surface area contributed by atoms with Gasteiger partial charge in [-0.1, -0.05) is 121 Å². The van der Waals surface area contributed by atoms with Gasteiger partial charge in [-0.25, -0.2) is 4.79 Å². The first-order chi connectivity index (χ1) is 31.6. The topological polar surface area (TPSA) is 182 Å². The van der Waals surface area contributed by atoms with Crippen LogP contribution in [-0.4, -0.2) is 106 Å². The van der Waals surface area contributed by atoms with Gasteiger partial charge in [-0.3, -0.25) is 14.4 Å². The first kappa shape index (κ1) is 48.7. The van der Waals surface area contributed by atoms with Crippen LogP contribution in [0.4, 0.5) is 4.79 Å². The molecule has 2 aliphatic heterocycles. The Bertz CT molecular complexity index is 2040. The Labute approximate surface area is 378 Å². The van der Waals surface area contributed by atoms with Crippen molar-refractivity contribution < 1.29 is 71.3 Å². The van der Waals surface area contributed by atoms with Crippen molar-refractivity contribution >= 4 is 24.0 Å². The Morgan fingerprint density at radius 1 is 0.492 bits per heavy atom. The molecular weight excluding hydrogens is 843 g/mol. The molecule has 0 unspecified atom stereocenters. The number of rotatable bonds is 23. The molecule has 0 aromatic heterocycles. The van der Waals surface area contributed by atoms with Gasteiger partial charge in [-0.15, -0.1) is 0 Å². The van der Waals surface area contributed by atoms with E-state index < -0.39 is 79.3 Å². The van der Waals surface area contributed by atoms with E-state index in [0.717, 1.165) is 22.3 Å². The van der Waals surface area contributed by atoms with E-state index in [9.17, 15) is 19.2 Å². The Kier molecular flexibility index (Phi) is 19.3. The van der Waals surface area contributed by atoms with Crippen LogP contribution in [0.15, 0.2) is 121 Å². The normalized spacial score (nSPS) is 23.8. The summed E-state index contributed by atoms with van der Waals surface area (Å²) < 4.78 is 67.7. The summed E-state index contributed by atoms with van der Waals surface area (Å²) in [5.41, 5.74) is 3.43. The van der Waals surface area contributed by atoms with Gasteiger partial charge in [0.25, 0.3) is 0 Å². The zero-order chi connectivity index (χ0) is 45.8. The minimum absolute atomic E-state index is 0.0200. The third kappa shape index (κ3) is 15.7. The fourth-order valence-electron chi connectivity index (χ4n) is 7.29. The summed E-state index contributed by atoms with van der Waals surface area (Å²) in [5, 5.41) is 2.71. The molecule has 2 saturated heterocycles. The monoisotopic (exact) mass is 899 g/mol. The summed E-state index contributed by atoms with van der Waals surface area (Å²) in [6, 6.07) is 37.6. The second-order valence-electron chi connectivity index (χ2n) is 15.4. The Morgan fingerprint density at radius 3 is 1.46 bits per heavy atom. The summed E-state index contributed by atoms with van der Waals surface area (Å²) in [6.45, 7) is 4.42. The average molecular weight is 900 g/mol. The molecule has 0 aliphatic carbocycles. The fourth-order valence-corrected chi connectivity index (χ4v) is 7.29. The molecule has 348 valence electrons. The highest BCUT2D eigenvalue weighted by Gasteiger charge is 2.56. The van der Waals surface area contributed by atoms with Crippen molar-refractivity contribution in [2.45, 2.75) is 109 Å². The van der Waals surface area contributed by atoms with Crippen molar-refractivity contribution in [2.24, 2.45) is 0 Å². The predicted molar refractivity (Wildman–Crippen MR) is 231 cm³/mol. The van der Waals surface area contributed by atoms with Crippen molar-refractivity contribution in [1.29, 1.82) is 0 Å². The van der Waals surface area contributed by atoms with E-state index in [1.807, 2.05) is 121 Å². The SMILES string of the molecule is CC(=O)O[C@@H]1[C@@H](OCc2ccccc2)[C@@H](O[C@H]2[C@@H](OC(C)=O)[C@H](OCCCNC(=O)OCc3ccccc3)O[C@@H]2COCc2ccccc2)O[C@H](COCc2ccccc2)[C@H]1OC(C)=O. The number of hydrogen-bond acceptors (Lipinski definition) is 15. The highest BCUT2D eigenvalue weighted by atomic mass is 16.8. The Morgan fingerprint density at radius 2 is 0.938 bits per heavy atom. The van der Waals surface area contributed by atoms with E-state index in [4.69, 9.17) is 52.1 Å². The summed E-state index contributed by atoms with van der Waals surface area (Å²) in [5.74, 6) is -1.97. The lowest BCUT2D eigenvalue weighted by molar-refractivity contribution is -0.331. The highest BCUT2D eigenvalue weighted by Crippen LogP contribution is 2.36. The van der Waals surface area contributed by atoms with Crippen LogP contribution in [0, 0.1) is 0 Å². The zero-order valence-corrected chi connectivity index (χ0v) is 36.7. The maximum atomic E-state index is 12.8. The van der Waals surface area contributed by atoms with Crippen LogP contribution < -0.4 is 5.32 Å². The molecule has 1 N–H and O–H groups in total. The summed E-state index contributed by atoms with van der Waals surface area (Å²) in [6.07, 6.45) is -10.7. The van der Waals surface area contributed by atoms with E-state index in [1.165, 1.54) is 20.8 Å². The maximum Gasteiger partial charge on any atom is 0.407 e. The van der Waals surface area contributed by atoms with Gasteiger partial charge in [-0.2, -0.15) is 0 Å². The molecule has 0 radical (unpaired) electrons. The van der Waals surface area contributed by atoms with Gasteiger partial charge in [-0.05, 0) is 28.7 Å². The van der Waals surface area contributed by atoms with Gasteiger partial charge in [0.05, 0.1) is 39.6 Å². The molecule has 65 heavy (non-hydrogen) atoms. The molecule has 9 atom stereocenters. The Hall–Kier alpha value is -5.72. The van der Waals surface area contributed by atoms with Crippen LogP contribution in [0.25, 0.3) is 0 Å². The molecule has 16 heteroatoms. The maximum absolute atomic E-state index is 12.8. The molecule has 0 spiro atoms. The van der Waals surface area contributed by atoms with E-state index in [0.29, 0.717) is 6.42 Å². The van der Waals surface area contributed by atoms with E-state index in [1.54, 1.807) is 0 Å². The molecule has 2 heterocycles. The number of carbonyl (C=O) groups is 4. The number of amides is 1. The molecule has 4 aromatic carbocycles. The summed E-state index contributed by atoms with van der Waals surface area (Å²) in [4.78, 5) is 50.6. The van der Waals surface area contributed by atoms with Crippen molar-refractivity contribution in [3.8, 4) is 0 Å². The number of hydrogen-bond donors (Lipinski definition) is 1. The van der Waals surface area contributed by atoms with Crippen LogP contribution in [0.2, 0.25) is 0 Å².